The predicted octanol–water partition coefficient (Wildman–Crippen LogP) is 2.79. The number of para-hydroxylation sites is 1. The van der Waals surface area contributed by atoms with Gasteiger partial charge < -0.3 is 4.74 Å². The van der Waals surface area contributed by atoms with Gasteiger partial charge in [-0.15, -0.1) is 11.6 Å². The third kappa shape index (κ3) is 2.38. The first-order valence-electron chi connectivity index (χ1n) is 5.63. The van der Waals surface area contributed by atoms with Crippen LogP contribution in [0.5, 0.6) is 0 Å². The highest BCUT2D eigenvalue weighted by Crippen LogP contribution is 2.17. The van der Waals surface area contributed by atoms with Crippen molar-refractivity contribution >= 4 is 17.6 Å². The standard InChI is InChI=1S/C13H13ClN2O2/c1-2-18-13(17)11-9-15-16(12(11)8-14)10-6-4-3-5-7-10/h3-7,9H,2,8H2,1H3. The molecule has 0 atom stereocenters. The number of esters is 1. The number of nitrogens with zero attached hydrogens (tertiary/aromatic N) is 2. The molecule has 1 heterocycles. The highest BCUT2D eigenvalue weighted by Gasteiger charge is 2.18. The number of ether oxygens (including phenoxy) is 1. The summed E-state index contributed by atoms with van der Waals surface area (Å²) in [5, 5.41) is 4.19. The Hall–Kier alpha value is -1.81. The summed E-state index contributed by atoms with van der Waals surface area (Å²) in [5.41, 5.74) is 1.92. The summed E-state index contributed by atoms with van der Waals surface area (Å²) < 4.78 is 6.62. The second-order valence-electron chi connectivity index (χ2n) is 3.61. The zero-order chi connectivity index (χ0) is 13.0. The number of hydrogen-bond donors (Lipinski definition) is 0. The van der Waals surface area contributed by atoms with Crippen molar-refractivity contribution < 1.29 is 9.53 Å². The Morgan fingerprint density at radius 2 is 2.11 bits per heavy atom. The molecule has 0 saturated heterocycles. The largest absolute Gasteiger partial charge is 0.462 e. The van der Waals surface area contributed by atoms with E-state index in [-0.39, 0.29) is 5.88 Å². The highest BCUT2D eigenvalue weighted by molar-refractivity contribution is 6.17. The van der Waals surface area contributed by atoms with Crippen molar-refractivity contribution in [3.8, 4) is 5.69 Å². The molecular weight excluding hydrogens is 252 g/mol. The third-order valence-electron chi connectivity index (χ3n) is 2.49. The van der Waals surface area contributed by atoms with Crippen molar-refractivity contribution in [2.24, 2.45) is 0 Å². The molecule has 4 nitrogen and oxygen atoms in total. The van der Waals surface area contributed by atoms with Crippen LogP contribution in [0.15, 0.2) is 36.5 Å². The minimum atomic E-state index is -0.393. The molecule has 0 radical (unpaired) electrons. The lowest BCUT2D eigenvalue weighted by Gasteiger charge is -2.06. The quantitative estimate of drug-likeness (QED) is 0.630. The van der Waals surface area contributed by atoms with Crippen LogP contribution >= 0.6 is 11.6 Å². The van der Waals surface area contributed by atoms with Crippen LogP contribution in [0.4, 0.5) is 0 Å². The first kappa shape index (κ1) is 12.6. The number of benzene rings is 1. The van der Waals surface area contributed by atoms with Gasteiger partial charge in [0.15, 0.2) is 0 Å². The summed E-state index contributed by atoms with van der Waals surface area (Å²) in [6, 6.07) is 9.52. The fourth-order valence-corrected chi connectivity index (χ4v) is 1.93. The van der Waals surface area contributed by atoms with Gasteiger partial charge in [-0.3, -0.25) is 0 Å². The van der Waals surface area contributed by atoms with E-state index in [2.05, 4.69) is 5.10 Å². The second kappa shape index (κ2) is 5.69. The fraction of sp³-hybridized carbons (Fsp3) is 0.231. The zero-order valence-electron chi connectivity index (χ0n) is 9.97. The van der Waals surface area contributed by atoms with Gasteiger partial charge in [0, 0.05) is 0 Å². The monoisotopic (exact) mass is 264 g/mol. The molecule has 0 aliphatic rings. The molecule has 2 aromatic rings. The predicted molar refractivity (Wildman–Crippen MR) is 69.1 cm³/mol. The Morgan fingerprint density at radius 1 is 1.39 bits per heavy atom. The maximum absolute atomic E-state index is 11.7. The lowest BCUT2D eigenvalue weighted by atomic mass is 10.2. The third-order valence-corrected chi connectivity index (χ3v) is 2.74. The topological polar surface area (TPSA) is 44.1 Å². The van der Waals surface area contributed by atoms with Crippen LogP contribution in [0.2, 0.25) is 0 Å². The summed E-state index contributed by atoms with van der Waals surface area (Å²) >= 11 is 5.90. The van der Waals surface area contributed by atoms with E-state index in [9.17, 15) is 4.79 Å². The Balaban J connectivity index is 2.42. The lowest BCUT2D eigenvalue weighted by molar-refractivity contribution is 0.0525. The van der Waals surface area contributed by atoms with E-state index in [0.717, 1.165) is 5.69 Å². The van der Waals surface area contributed by atoms with Crippen LogP contribution in [0.3, 0.4) is 0 Å². The zero-order valence-corrected chi connectivity index (χ0v) is 10.7. The number of alkyl halides is 1. The maximum Gasteiger partial charge on any atom is 0.341 e. The second-order valence-corrected chi connectivity index (χ2v) is 3.87. The number of halogens is 1. The Kier molecular flexibility index (Phi) is 3.99. The molecule has 0 aliphatic heterocycles. The van der Waals surface area contributed by atoms with Crippen LogP contribution in [0.25, 0.3) is 5.69 Å². The average Bonchev–Trinajstić information content (AvgIpc) is 2.83. The van der Waals surface area contributed by atoms with Crippen molar-refractivity contribution in [2.45, 2.75) is 12.8 Å². The van der Waals surface area contributed by atoms with Crippen LogP contribution < -0.4 is 0 Å². The average molecular weight is 265 g/mol. The van der Waals surface area contributed by atoms with Gasteiger partial charge in [-0.2, -0.15) is 5.10 Å². The molecule has 0 amide bonds. The molecule has 1 aromatic heterocycles. The molecule has 18 heavy (non-hydrogen) atoms. The number of hydrogen-bond acceptors (Lipinski definition) is 3. The molecule has 1 aromatic carbocycles. The van der Waals surface area contributed by atoms with Crippen molar-refractivity contribution in [1.82, 2.24) is 9.78 Å². The SMILES string of the molecule is CCOC(=O)c1cnn(-c2ccccc2)c1CCl. The first-order chi connectivity index (χ1) is 8.77. The van der Waals surface area contributed by atoms with Gasteiger partial charge in [-0.25, -0.2) is 9.48 Å². The smallest absolute Gasteiger partial charge is 0.341 e. The highest BCUT2D eigenvalue weighted by atomic mass is 35.5. The van der Waals surface area contributed by atoms with E-state index in [1.807, 2.05) is 30.3 Å². The van der Waals surface area contributed by atoms with Crippen molar-refractivity contribution in [1.29, 1.82) is 0 Å². The number of carbonyl (C=O) groups excluding carboxylic acids is 1. The molecule has 2 rings (SSSR count). The van der Waals surface area contributed by atoms with E-state index in [4.69, 9.17) is 16.3 Å². The Bertz CT molecular complexity index is 537. The van der Waals surface area contributed by atoms with Crippen molar-refractivity contribution in [3.05, 3.63) is 47.8 Å². The van der Waals surface area contributed by atoms with Crippen LogP contribution in [0.1, 0.15) is 23.0 Å². The van der Waals surface area contributed by atoms with Gasteiger partial charge in [0.1, 0.15) is 5.56 Å². The van der Waals surface area contributed by atoms with Crippen molar-refractivity contribution in [2.75, 3.05) is 6.61 Å². The van der Waals surface area contributed by atoms with Gasteiger partial charge in [-0.05, 0) is 19.1 Å². The van der Waals surface area contributed by atoms with Crippen molar-refractivity contribution in [3.63, 3.8) is 0 Å². The molecule has 0 spiro atoms. The number of carbonyl (C=O) groups is 1. The minimum absolute atomic E-state index is 0.197. The summed E-state index contributed by atoms with van der Waals surface area (Å²) in [4.78, 5) is 11.7. The molecule has 0 unspecified atom stereocenters. The maximum atomic E-state index is 11.7. The molecule has 0 aliphatic carbocycles. The molecule has 0 saturated carbocycles. The van der Waals surface area contributed by atoms with Crippen LogP contribution in [0, 0.1) is 0 Å². The van der Waals surface area contributed by atoms with E-state index in [1.54, 1.807) is 11.6 Å². The molecule has 0 fully saturated rings. The minimum Gasteiger partial charge on any atom is -0.462 e. The summed E-state index contributed by atoms with van der Waals surface area (Å²) in [6.45, 7) is 2.09. The first-order valence-corrected chi connectivity index (χ1v) is 6.16. The Morgan fingerprint density at radius 3 is 2.72 bits per heavy atom. The van der Waals surface area contributed by atoms with E-state index in [0.29, 0.717) is 17.9 Å². The molecule has 94 valence electrons. The summed E-state index contributed by atoms with van der Waals surface area (Å²) in [6.07, 6.45) is 1.49. The molecule has 0 N–H and O–H groups in total. The van der Waals surface area contributed by atoms with E-state index < -0.39 is 5.97 Å². The fourth-order valence-electron chi connectivity index (χ4n) is 1.67. The van der Waals surface area contributed by atoms with Gasteiger partial charge in [0.25, 0.3) is 0 Å². The van der Waals surface area contributed by atoms with Gasteiger partial charge in [0.2, 0.25) is 0 Å². The Labute approximate surface area is 110 Å². The number of rotatable bonds is 4. The molecular formula is C13H13ClN2O2. The van der Waals surface area contributed by atoms with Crippen LogP contribution in [-0.2, 0) is 10.6 Å². The molecule has 5 heteroatoms. The summed E-state index contributed by atoms with van der Waals surface area (Å²) in [5.74, 6) is -0.196. The van der Waals surface area contributed by atoms with E-state index in [1.165, 1.54) is 6.20 Å². The normalized spacial score (nSPS) is 10.3. The van der Waals surface area contributed by atoms with Gasteiger partial charge in [-0.1, -0.05) is 18.2 Å². The lowest BCUT2D eigenvalue weighted by Crippen LogP contribution is -2.08. The van der Waals surface area contributed by atoms with Gasteiger partial charge >= 0.3 is 5.97 Å². The number of aromatic nitrogens is 2. The molecule has 0 bridgehead atoms. The van der Waals surface area contributed by atoms with Crippen LogP contribution in [-0.4, -0.2) is 22.4 Å². The van der Waals surface area contributed by atoms with Gasteiger partial charge in [0.05, 0.1) is 30.1 Å². The summed E-state index contributed by atoms with van der Waals surface area (Å²) in [7, 11) is 0. The van der Waals surface area contributed by atoms with E-state index >= 15 is 0 Å².